The predicted molar refractivity (Wildman–Crippen MR) is 107 cm³/mol. The summed E-state index contributed by atoms with van der Waals surface area (Å²) in [6.45, 7) is 2.32. The molecule has 1 N–H and O–H groups in total. The highest BCUT2D eigenvalue weighted by Gasteiger charge is 2.82. The van der Waals surface area contributed by atoms with E-state index in [1.54, 1.807) is 18.2 Å². The highest BCUT2D eigenvalue weighted by atomic mass is 35.5. The van der Waals surface area contributed by atoms with Gasteiger partial charge in [-0.2, -0.15) is 26.3 Å². The van der Waals surface area contributed by atoms with E-state index in [9.17, 15) is 36.2 Å². The first-order valence-corrected chi connectivity index (χ1v) is 9.95. The second-order valence-corrected chi connectivity index (χ2v) is 8.58. The van der Waals surface area contributed by atoms with Gasteiger partial charge in [0.15, 0.2) is 0 Å². The van der Waals surface area contributed by atoms with Crippen LogP contribution in [-0.2, 0) is 4.79 Å². The van der Waals surface area contributed by atoms with Crippen LogP contribution in [0.4, 0.5) is 26.3 Å². The summed E-state index contributed by atoms with van der Waals surface area (Å²) in [6.07, 6.45) is -9.83. The number of pyridine rings is 1. The molecule has 1 saturated carbocycles. The van der Waals surface area contributed by atoms with Crippen LogP contribution in [0.3, 0.4) is 0 Å². The van der Waals surface area contributed by atoms with Crippen LogP contribution in [0, 0.1) is 16.7 Å². The summed E-state index contributed by atoms with van der Waals surface area (Å²) in [7, 11) is 0. The molecule has 0 saturated heterocycles. The van der Waals surface area contributed by atoms with Crippen LogP contribution in [0.5, 0.6) is 11.6 Å². The van der Waals surface area contributed by atoms with Crippen LogP contribution in [0.1, 0.15) is 25.5 Å². The van der Waals surface area contributed by atoms with Gasteiger partial charge in [0, 0.05) is 12.0 Å². The molecule has 1 aromatic carbocycles. The zero-order chi connectivity index (χ0) is 24.8. The fourth-order valence-corrected chi connectivity index (χ4v) is 4.54. The van der Waals surface area contributed by atoms with Crippen LogP contribution >= 0.6 is 11.6 Å². The maximum absolute atomic E-state index is 14.3. The van der Waals surface area contributed by atoms with E-state index in [1.807, 2.05) is 0 Å². The van der Waals surface area contributed by atoms with Crippen molar-refractivity contribution in [1.29, 1.82) is 0 Å². The molecule has 3 rings (SSSR count). The Morgan fingerprint density at radius 2 is 1.70 bits per heavy atom. The van der Waals surface area contributed by atoms with Gasteiger partial charge < -0.3 is 9.84 Å². The molecule has 0 aliphatic heterocycles. The molecule has 0 amide bonds. The van der Waals surface area contributed by atoms with Crippen molar-refractivity contribution in [1.82, 2.24) is 4.98 Å². The van der Waals surface area contributed by atoms with Gasteiger partial charge in [0.2, 0.25) is 5.88 Å². The molecule has 33 heavy (non-hydrogen) atoms. The molecule has 178 valence electrons. The van der Waals surface area contributed by atoms with Gasteiger partial charge >= 0.3 is 18.3 Å². The van der Waals surface area contributed by atoms with Crippen molar-refractivity contribution in [3.63, 3.8) is 0 Å². The molecule has 1 aromatic heterocycles. The lowest BCUT2D eigenvalue weighted by molar-refractivity contribution is -0.184. The van der Waals surface area contributed by atoms with Gasteiger partial charge in [0.25, 0.3) is 0 Å². The number of aromatic nitrogens is 1. The fraction of sp³-hybridized carbons (Fsp3) is 0.364. The Balaban J connectivity index is 2.12. The summed E-state index contributed by atoms with van der Waals surface area (Å²) in [6, 6.07) is 11.5. The molecule has 11 heteroatoms. The summed E-state index contributed by atoms with van der Waals surface area (Å²) in [5, 5.41) is 8.23. The van der Waals surface area contributed by atoms with Gasteiger partial charge in [-0.15, -0.1) is 0 Å². The number of para-hydroxylation sites is 1. The number of ether oxygens (including phenoxy) is 1. The SMILES string of the molecule is CC1(C)C(C=C(Cl)C(F)(F)F)[C@]1(C(=O)O)C(c1cccc(Oc2ccccc2)n1)C(F)(F)F. The molecule has 1 fully saturated rings. The average molecular weight is 494 g/mol. The molecule has 2 aromatic rings. The number of halogens is 7. The van der Waals surface area contributed by atoms with E-state index in [-0.39, 0.29) is 11.6 Å². The summed E-state index contributed by atoms with van der Waals surface area (Å²) < 4.78 is 87.3. The quantitative estimate of drug-likeness (QED) is 0.443. The van der Waals surface area contributed by atoms with Gasteiger partial charge in [-0.25, -0.2) is 4.98 Å². The Kier molecular flexibility index (Phi) is 6.21. The lowest BCUT2D eigenvalue weighted by Crippen LogP contribution is -2.39. The van der Waals surface area contributed by atoms with Crippen molar-refractivity contribution in [2.24, 2.45) is 16.7 Å². The highest BCUT2D eigenvalue weighted by Crippen LogP contribution is 2.77. The minimum atomic E-state index is -5.15. The second-order valence-electron chi connectivity index (χ2n) is 8.18. The molecule has 0 bridgehead atoms. The molecule has 0 radical (unpaired) electrons. The number of carboxylic acids is 1. The molecule has 2 unspecified atom stereocenters. The Morgan fingerprint density at radius 1 is 1.09 bits per heavy atom. The number of carbonyl (C=O) groups is 1. The Labute approximate surface area is 189 Å². The Morgan fingerprint density at radius 3 is 2.21 bits per heavy atom. The first kappa shape index (κ1) is 24.9. The van der Waals surface area contributed by atoms with E-state index in [4.69, 9.17) is 16.3 Å². The van der Waals surface area contributed by atoms with Crippen molar-refractivity contribution in [2.45, 2.75) is 32.1 Å². The van der Waals surface area contributed by atoms with Crippen molar-refractivity contribution < 1.29 is 41.0 Å². The second kappa shape index (κ2) is 8.23. The lowest BCUT2D eigenvalue weighted by atomic mass is 9.79. The summed E-state index contributed by atoms with van der Waals surface area (Å²) >= 11 is 5.26. The first-order chi connectivity index (χ1) is 15.1. The number of carboxylic acid groups (broad SMARTS) is 1. The maximum Gasteiger partial charge on any atom is 0.426 e. The van der Waals surface area contributed by atoms with Crippen LogP contribution in [-0.4, -0.2) is 28.4 Å². The molecular weight excluding hydrogens is 476 g/mol. The Hall–Kier alpha value is -2.75. The highest BCUT2D eigenvalue weighted by molar-refractivity contribution is 6.30. The largest absolute Gasteiger partial charge is 0.481 e. The van der Waals surface area contributed by atoms with Gasteiger partial charge in [-0.3, -0.25) is 4.79 Å². The summed E-state index contributed by atoms with van der Waals surface area (Å²) in [5.41, 5.74) is -5.08. The molecule has 1 aliphatic carbocycles. The van der Waals surface area contributed by atoms with E-state index in [0.717, 1.165) is 19.9 Å². The zero-order valence-corrected chi connectivity index (χ0v) is 18.0. The van der Waals surface area contributed by atoms with Gasteiger partial charge in [-0.05, 0) is 23.6 Å². The van der Waals surface area contributed by atoms with Crippen LogP contribution in [0.15, 0.2) is 59.6 Å². The molecule has 1 aliphatic rings. The van der Waals surface area contributed by atoms with E-state index in [1.165, 1.54) is 24.3 Å². The topological polar surface area (TPSA) is 59.4 Å². The molecular formula is C22H18ClF6NO3. The van der Waals surface area contributed by atoms with Gasteiger partial charge in [-0.1, -0.05) is 55.8 Å². The third-order valence-electron chi connectivity index (χ3n) is 5.98. The van der Waals surface area contributed by atoms with E-state index in [2.05, 4.69) is 4.98 Å². The van der Waals surface area contributed by atoms with Crippen LogP contribution in [0.2, 0.25) is 0 Å². The van der Waals surface area contributed by atoms with E-state index < -0.39 is 51.7 Å². The van der Waals surface area contributed by atoms with Crippen molar-refractivity contribution in [3.8, 4) is 11.6 Å². The van der Waals surface area contributed by atoms with E-state index >= 15 is 0 Å². The minimum absolute atomic E-state index is 0.229. The number of benzene rings is 1. The predicted octanol–water partition coefficient (Wildman–Crippen LogP) is 6.93. The summed E-state index contributed by atoms with van der Waals surface area (Å²) in [5.74, 6) is -6.24. The first-order valence-electron chi connectivity index (χ1n) is 9.58. The fourth-order valence-electron chi connectivity index (χ4n) is 4.42. The van der Waals surface area contributed by atoms with E-state index in [0.29, 0.717) is 6.08 Å². The third kappa shape index (κ3) is 4.40. The van der Waals surface area contributed by atoms with Crippen molar-refractivity contribution in [3.05, 3.63) is 65.3 Å². The van der Waals surface area contributed by atoms with Gasteiger partial charge in [0.1, 0.15) is 16.7 Å². The minimum Gasteiger partial charge on any atom is -0.481 e. The number of hydrogen-bond acceptors (Lipinski definition) is 3. The normalized spacial score (nSPS) is 23.7. The van der Waals surface area contributed by atoms with Crippen molar-refractivity contribution >= 4 is 17.6 Å². The monoisotopic (exact) mass is 493 g/mol. The number of nitrogens with zero attached hydrogens (tertiary/aromatic N) is 1. The number of rotatable bonds is 6. The van der Waals surface area contributed by atoms with Crippen LogP contribution in [0.25, 0.3) is 0 Å². The van der Waals surface area contributed by atoms with Crippen molar-refractivity contribution in [2.75, 3.05) is 0 Å². The van der Waals surface area contributed by atoms with Gasteiger partial charge in [0.05, 0.1) is 11.1 Å². The smallest absolute Gasteiger partial charge is 0.426 e. The van der Waals surface area contributed by atoms with Crippen LogP contribution < -0.4 is 4.74 Å². The average Bonchev–Trinajstić information content (AvgIpc) is 3.16. The number of allylic oxidation sites excluding steroid dienone is 2. The maximum atomic E-state index is 14.3. The lowest BCUT2D eigenvalue weighted by Gasteiger charge is -2.29. The number of aliphatic carboxylic acids is 1. The Bertz CT molecular complexity index is 1070. The molecule has 0 spiro atoms. The molecule has 1 heterocycles. The number of alkyl halides is 6. The number of hydrogen-bond donors (Lipinski definition) is 1. The summed E-state index contributed by atoms with van der Waals surface area (Å²) in [4.78, 5) is 16.1. The zero-order valence-electron chi connectivity index (χ0n) is 17.2. The molecule has 3 atom stereocenters. The third-order valence-corrected chi connectivity index (χ3v) is 6.32. The standard InChI is InChI=1S/C22H18ClF6NO3/c1-19(2)14(11-15(23)21(24,25)26)20(19,18(31)32)17(22(27,28)29)13-9-6-10-16(30-13)33-12-7-4-3-5-8-12/h3-11,14,17H,1-2H3,(H,31,32)/t14?,17?,20-/m1/s1. The molecule has 4 nitrogen and oxygen atoms in total.